The van der Waals surface area contributed by atoms with E-state index in [1.54, 1.807) is 0 Å². The molecule has 29 heavy (non-hydrogen) atoms. The zero-order chi connectivity index (χ0) is 20.7. The molecular weight excluding hydrogens is 372 g/mol. The topological polar surface area (TPSA) is 88.4 Å². The molecule has 170 valence electrons. The Labute approximate surface area is 175 Å². The molecule has 3 aliphatic carbocycles. The quantitative estimate of drug-likeness (QED) is 0.538. The Kier molecular flexibility index (Phi) is 9.21. The zero-order valence-corrected chi connectivity index (χ0v) is 18.1. The standard InChI is InChI=1S/C23H42O6/c1-23(14-27-20-11-5-2-8-17(20)24,15-28-21-12-6-3-9-18(21)25)16-29-22-13-7-4-10-19(22)26/h17-22,24-26H,2-16H2,1H3. The predicted molar refractivity (Wildman–Crippen MR) is 111 cm³/mol. The summed E-state index contributed by atoms with van der Waals surface area (Å²) in [6, 6.07) is 0. The average molecular weight is 415 g/mol. The number of ether oxygens (including phenoxy) is 3. The summed E-state index contributed by atoms with van der Waals surface area (Å²) >= 11 is 0. The highest BCUT2D eigenvalue weighted by Gasteiger charge is 2.35. The summed E-state index contributed by atoms with van der Waals surface area (Å²) in [7, 11) is 0. The third kappa shape index (κ3) is 7.15. The van der Waals surface area contributed by atoms with Crippen molar-refractivity contribution in [1.82, 2.24) is 0 Å². The Bertz CT molecular complexity index is 408. The molecule has 0 aliphatic heterocycles. The van der Waals surface area contributed by atoms with Crippen molar-refractivity contribution in [2.75, 3.05) is 19.8 Å². The minimum absolute atomic E-state index is 0.122. The molecule has 3 fully saturated rings. The largest absolute Gasteiger partial charge is 0.390 e. The Morgan fingerprint density at radius 3 is 1.10 bits per heavy atom. The normalized spacial score (nSPS) is 38.5. The van der Waals surface area contributed by atoms with Gasteiger partial charge in [0, 0.05) is 5.41 Å². The van der Waals surface area contributed by atoms with E-state index in [0.717, 1.165) is 77.0 Å². The van der Waals surface area contributed by atoms with Crippen LogP contribution in [0.4, 0.5) is 0 Å². The second-order valence-electron chi connectivity index (χ2n) is 9.91. The molecule has 3 rings (SSSR count). The maximum atomic E-state index is 10.2. The first kappa shape index (κ1) is 23.4. The molecule has 6 heteroatoms. The monoisotopic (exact) mass is 414 g/mol. The van der Waals surface area contributed by atoms with Gasteiger partial charge in [0.05, 0.1) is 56.4 Å². The zero-order valence-electron chi connectivity index (χ0n) is 18.1. The van der Waals surface area contributed by atoms with E-state index in [2.05, 4.69) is 6.92 Å². The van der Waals surface area contributed by atoms with Crippen molar-refractivity contribution < 1.29 is 29.5 Å². The van der Waals surface area contributed by atoms with Crippen molar-refractivity contribution in [2.45, 2.75) is 121 Å². The molecule has 0 saturated heterocycles. The summed E-state index contributed by atoms with van der Waals surface area (Å²) in [6.45, 7) is 3.42. The van der Waals surface area contributed by atoms with Gasteiger partial charge in [-0.15, -0.1) is 0 Å². The number of hydrogen-bond donors (Lipinski definition) is 3. The minimum Gasteiger partial charge on any atom is -0.390 e. The van der Waals surface area contributed by atoms with Crippen LogP contribution in [0.1, 0.15) is 84.0 Å². The van der Waals surface area contributed by atoms with Crippen molar-refractivity contribution in [2.24, 2.45) is 5.41 Å². The molecule has 0 amide bonds. The van der Waals surface area contributed by atoms with Crippen LogP contribution in [0.25, 0.3) is 0 Å². The van der Waals surface area contributed by atoms with Crippen molar-refractivity contribution in [3.8, 4) is 0 Å². The lowest BCUT2D eigenvalue weighted by Gasteiger charge is -2.38. The molecule has 0 aromatic rings. The number of hydrogen-bond acceptors (Lipinski definition) is 6. The number of aliphatic hydroxyl groups is 3. The van der Waals surface area contributed by atoms with Gasteiger partial charge in [-0.1, -0.05) is 45.4 Å². The second-order valence-corrected chi connectivity index (χ2v) is 9.91. The maximum absolute atomic E-state index is 10.2. The van der Waals surface area contributed by atoms with Gasteiger partial charge in [0.15, 0.2) is 0 Å². The van der Waals surface area contributed by atoms with Crippen LogP contribution < -0.4 is 0 Å². The van der Waals surface area contributed by atoms with E-state index in [9.17, 15) is 15.3 Å². The average Bonchev–Trinajstić information content (AvgIpc) is 2.72. The maximum Gasteiger partial charge on any atom is 0.0834 e. The van der Waals surface area contributed by atoms with E-state index < -0.39 is 18.3 Å². The molecule has 6 atom stereocenters. The van der Waals surface area contributed by atoms with Crippen molar-refractivity contribution in [1.29, 1.82) is 0 Å². The molecule has 0 aromatic carbocycles. The molecule has 0 radical (unpaired) electrons. The lowest BCUT2D eigenvalue weighted by Crippen LogP contribution is -2.44. The van der Waals surface area contributed by atoms with Gasteiger partial charge in [0.1, 0.15) is 0 Å². The fraction of sp³-hybridized carbons (Fsp3) is 1.00. The van der Waals surface area contributed by atoms with Crippen molar-refractivity contribution >= 4 is 0 Å². The minimum atomic E-state index is -0.393. The van der Waals surface area contributed by atoms with Gasteiger partial charge in [0.25, 0.3) is 0 Å². The van der Waals surface area contributed by atoms with Crippen LogP contribution in [0.2, 0.25) is 0 Å². The van der Waals surface area contributed by atoms with Crippen LogP contribution in [0, 0.1) is 5.41 Å². The van der Waals surface area contributed by atoms with E-state index in [0.29, 0.717) is 19.8 Å². The van der Waals surface area contributed by atoms with Crippen molar-refractivity contribution in [3.63, 3.8) is 0 Å². The van der Waals surface area contributed by atoms with Gasteiger partial charge < -0.3 is 29.5 Å². The van der Waals surface area contributed by atoms with Gasteiger partial charge in [-0.3, -0.25) is 0 Å². The lowest BCUT2D eigenvalue weighted by molar-refractivity contribution is -0.154. The number of rotatable bonds is 9. The Balaban J connectivity index is 1.55. The smallest absolute Gasteiger partial charge is 0.0834 e. The molecule has 0 spiro atoms. The molecule has 6 nitrogen and oxygen atoms in total. The number of aliphatic hydroxyl groups excluding tert-OH is 3. The van der Waals surface area contributed by atoms with Gasteiger partial charge in [-0.05, 0) is 38.5 Å². The molecule has 0 bridgehead atoms. The summed E-state index contributed by atoms with van der Waals surface area (Å²) in [5, 5.41) is 30.7. The van der Waals surface area contributed by atoms with E-state index >= 15 is 0 Å². The molecule has 3 saturated carbocycles. The Hall–Kier alpha value is -0.240. The van der Waals surface area contributed by atoms with Gasteiger partial charge >= 0.3 is 0 Å². The van der Waals surface area contributed by atoms with Crippen LogP contribution >= 0.6 is 0 Å². The lowest BCUT2D eigenvalue weighted by atomic mass is 9.90. The predicted octanol–water partition coefficient (Wildman–Crippen LogP) is 2.95. The van der Waals surface area contributed by atoms with E-state index in [-0.39, 0.29) is 23.7 Å². The summed E-state index contributed by atoms with van der Waals surface area (Å²) in [5.74, 6) is 0. The van der Waals surface area contributed by atoms with E-state index in [1.165, 1.54) is 0 Å². The van der Waals surface area contributed by atoms with Crippen LogP contribution in [0.5, 0.6) is 0 Å². The van der Waals surface area contributed by atoms with Gasteiger partial charge in [-0.2, -0.15) is 0 Å². The molecule has 6 unspecified atom stereocenters. The summed E-state index contributed by atoms with van der Waals surface area (Å²) in [5.41, 5.74) is -0.383. The van der Waals surface area contributed by atoms with Crippen LogP contribution in [0.3, 0.4) is 0 Å². The van der Waals surface area contributed by atoms with E-state index in [4.69, 9.17) is 14.2 Å². The molecule has 0 aromatic heterocycles. The summed E-state index contributed by atoms with van der Waals surface area (Å²) < 4.78 is 18.5. The third-order valence-electron chi connectivity index (χ3n) is 6.94. The first-order valence-corrected chi connectivity index (χ1v) is 11.9. The molecule has 3 N–H and O–H groups in total. The third-order valence-corrected chi connectivity index (χ3v) is 6.94. The van der Waals surface area contributed by atoms with Gasteiger partial charge in [0.2, 0.25) is 0 Å². The fourth-order valence-corrected chi connectivity index (χ4v) is 4.86. The Morgan fingerprint density at radius 2 is 0.828 bits per heavy atom. The van der Waals surface area contributed by atoms with Crippen LogP contribution in [-0.2, 0) is 14.2 Å². The van der Waals surface area contributed by atoms with Crippen LogP contribution in [-0.4, -0.2) is 71.8 Å². The SMILES string of the molecule is CC(COC1CCCCC1O)(COC1CCCCC1O)COC1CCCCC1O. The molecule has 3 aliphatic rings. The molecule has 0 heterocycles. The second kappa shape index (κ2) is 11.4. The summed E-state index contributed by atoms with van der Waals surface area (Å²) in [6.07, 6.45) is 9.99. The van der Waals surface area contributed by atoms with Gasteiger partial charge in [-0.25, -0.2) is 0 Å². The first-order valence-electron chi connectivity index (χ1n) is 11.9. The highest BCUT2D eigenvalue weighted by Crippen LogP contribution is 2.30. The fourth-order valence-electron chi connectivity index (χ4n) is 4.86. The van der Waals surface area contributed by atoms with Crippen molar-refractivity contribution in [3.05, 3.63) is 0 Å². The Morgan fingerprint density at radius 1 is 0.552 bits per heavy atom. The highest BCUT2D eigenvalue weighted by molar-refractivity contribution is 4.83. The molecular formula is C23H42O6. The summed E-state index contributed by atoms with van der Waals surface area (Å²) in [4.78, 5) is 0. The van der Waals surface area contributed by atoms with E-state index in [1.807, 2.05) is 0 Å². The first-order chi connectivity index (χ1) is 14.0. The van der Waals surface area contributed by atoms with Crippen LogP contribution in [0.15, 0.2) is 0 Å². The highest BCUT2D eigenvalue weighted by atomic mass is 16.5.